The molecule has 0 bridgehead atoms. The Balaban J connectivity index is 1.61. The van der Waals surface area contributed by atoms with Gasteiger partial charge in [0.25, 0.3) is 5.56 Å². The fraction of sp³-hybridized carbons (Fsp3) is 0.458. The molecule has 3 aromatic rings. The molecule has 5 rings (SSSR count). The molecule has 22 radical (unpaired) electrons. The van der Waals surface area contributed by atoms with Crippen molar-refractivity contribution >= 4 is 121 Å². The lowest BCUT2D eigenvalue weighted by atomic mass is 9.25. The molecule has 0 spiro atoms. The molecule has 1 saturated carbocycles. The highest BCUT2D eigenvalue weighted by molar-refractivity contribution is 6.62. The zero-order valence-corrected chi connectivity index (χ0v) is 24.7. The van der Waals surface area contributed by atoms with Crippen molar-refractivity contribution in [2.45, 2.75) is 51.7 Å². The van der Waals surface area contributed by atoms with Gasteiger partial charge in [-0.2, -0.15) is 4.98 Å². The van der Waals surface area contributed by atoms with E-state index in [4.69, 9.17) is 86.3 Å². The number of carbonyl (C=O) groups excluding carboxylic acids is 1. The topological polar surface area (TPSA) is 125 Å². The van der Waals surface area contributed by atoms with Crippen LogP contribution < -0.4 is 21.1 Å². The van der Waals surface area contributed by atoms with E-state index in [0.29, 0.717) is 5.69 Å². The number of fused-ring (bicyclic) bond motifs is 1. The Morgan fingerprint density at radius 2 is 1.56 bits per heavy atom. The summed E-state index contributed by atoms with van der Waals surface area (Å²) < 4.78 is 0.865. The van der Waals surface area contributed by atoms with Crippen LogP contribution >= 0.6 is 0 Å². The van der Waals surface area contributed by atoms with Gasteiger partial charge >= 0.3 is 0 Å². The van der Waals surface area contributed by atoms with Crippen molar-refractivity contribution in [3.8, 4) is 0 Å². The van der Waals surface area contributed by atoms with E-state index in [1.165, 1.54) is 26.2 Å². The zero-order chi connectivity index (χ0) is 33.7. The third kappa shape index (κ3) is 5.16. The SMILES string of the molecule is [B]C1([B])CN(c2ccc(Nc3ncc4c(C)c(C(C)=O)c(=O)n(C5C([B])([B])C([B])([B])C([B])(O)C5([B])[B])c4n3)nc2)CC([B])([B])N1. The Kier molecular flexibility index (Phi) is 7.81. The molecule has 2 atom stereocenters. The number of nitrogens with zero attached hydrogens (tertiary/aromatic N) is 5. The van der Waals surface area contributed by atoms with Crippen LogP contribution in [0.5, 0.6) is 0 Å². The first-order chi connectivity index (χ1) is 20.4. The summed E-state index contributed by atoms with van der Waals surface area (Å²) in [6, 6.07) is 1.53. The number of hydrogen-bond donors (Lipinski definition) is 3. The number of anilines is 3. The highest BCUT2D eigenvalue weighted by Gasteiger charge is 2.67. The van der Waals surface area contributed by atoms with Gasteiger partial charge in [0, 0.05) is 36.2 Å². The lowest BCUT2D eigenvalue weighted by molar-refractivity contribution is 0.101. The zero-order valence-electron chi connectivity index (χ0n) is 24.7. The number of rotatable bonds is 5. The number of aryl methyl sites for hydroxylation is 1. The summed E-state index contributed by atoms with van der Waals surface area (Å²) in [6.07, 6.45) is 2.88. The average molecular weight is 571 g/mol. The van der Waals surface area contributed by atoms with Crippen LogP contribution in [-0.4, -0.2) is 146 Å². The number of hydrogen-bond acceptors (Lipinski definition) is 9. The van der Waals surface area contributed by atoms with Crippen molar-refractivity contribution in [2.24, 2.45) is 0 Å². The Morgan fingerprint density at radius 1 is 0.956 bits per heavy atom. The van der Waals surface area contributed by atoms with Gasteiger partial charge < -0.3 is 20.6 Å². The van der Waals surface area contributed by atoms with Crippen molar-refractivity contribution in [2.75, 3.05) is 23.3 Å². The van der Waals surface area contributed by atoms with Crippen molar-refractivity contribution in [1.29, 1.82) is 0 Å². The molecular formula is C24H18B11N7O3. The number of nitrogens with one attached hydrogen (secondary N) is 2. The maximum atomic E-state index is 14.0. The first-order valence-electron chi connectivity index (χ1n) is 13.6. The van der Waals surface area contributed by atoms with E-state index in [9.17, 15) is 14.7 Å². The van der Waals surface area contributed by atoms with Crippen molar-refractivity contribution in [3.05, 3.63) is 46.0 Å². The maximum Gasteiger partial charge on any atom is 0.263 e. The quantitative estimate of drug-likeness (QED) is 0.213. The molecule has 2 aliphatic rings. The molecule has 2 fully saturated rings. The highest BCUT2D eigenvalue weighted by atomic mass is 16.3. The Hall–Kier alpha value is -2.66. The standard InChI is InChI=1S/C24H18B11N7O3/c1-9-12-6-37-18(38-13-4-3-11(5-36-13)41-7-19(25,26)40-20(27,28)8-41)39-15(12)42(16(44)14(9)10(2)43)17-21(29,30)23(33,34)24(35,45)22(17,31)32/h3-6,17,40,45H,7-8H2,1-2H3,(H,36,37,38,39). The molecule has 0 amide bonds. The van der Waals surface area contributed by atoms with Gasteiger partial charge in [0.2, 0.25) is 5.95 Å². The van der Waals surface area contributed by atoms with Gasteiger partial charge in [0.15, 0.2) is 5.78 Å². The Bertz CT molecular complexity index is 1720. The Morgan fingerprint density at radius 3 is 2.04 bits per heavy atom. The molecular weight excluding hydrogens is 553 g/mol. The minimum atomic E-state index is -2.81. The number of pyridine rings is 2. The van der Waals surface area contributed by atoms with Crippen LogP contribution in [0.4, 0.5) is 17.5 Å². The first-order valence-corrected chi connectivity index (χ1v) is 13.6. The third-order valence-corrected chi connectivity index (χ3v) is 8.45. The summed E-state index contributed by atoms with van der Waals surface area (Å²) in [4.78, 5) is 41.6. The summed E-state index contributed by atoms with van der Waals surface area (Å²) in [6.45, 7) is 3.09. The van der Waals surface area contributed by atoms with Gasteiger partial charge in [-0.1, -0.05) is 15.6 Å². The maximum absolute atomic E-state index is 14.0. The van der Waals surface area contributed by atoms with Crippen LogP contribution in [0.3, 0.4) is 0 Å². The Labute approximate surface area is 275 Å². The monoisotopic (exact) mass is 573 g/mol. The lowest BCUT2D eigenvalue weighted by Crippen LogP contribution is -2.73. The van der Waals surface area contributed by atoms with Gasteiger partial charge in [0.05, 0.1) is 95.9 Å². The molecule has 3 aromatic heterocycles. The predicted octanol–water partition coefficient (Wildman–Crippen LogP) is -3.40. The predicted molar refractivity (Wildman–Crippen MR) is 182 cm³/mol. The van der Waals surface area contributed by atoms with Crippen molar-refractivity contribution in [1.82, 2.24) is 24.8 Å². The summed E-state index contributed by atoms with van der Waals surface area (Å²) in [5, 5.41) is 6.83. The number of carbonyl (C=O) groups is 1. The van der Waals surface area contributed by atoms with Gasteiger partial charge in [-0.15, -0.1) is 0 Å². The van der Waals surface area contributed by atoms with Crippen molar-refractivity contribution < 1.29 is 9.90 Å². The second-order valence-corrected chi connectivity index (χ2v) is 12.2. The molecule has 1 aliphatic heterocycles. The molecule has 1 aliphatic carbocycles. The molecule has 4 heterocycles. The van der Waals surface area contributed by atoms with Gasteiger partial charge in [-0.05, 0) is 42.2 Å². The van der Waals surface area contributed by atoms with Gasteiger partial charge in [-0.3, -0.25) is 14.2 Å². The summed E-state index contributed by atoms with van der Waals surface area (Å²) in [5.74, 6) is -0.359. The van der Waals surface area contributed by atoms with E-state index in [-0.39, 0.29) is 47.0 Å². The minimum Gasteiger partial charge on any atom is -0.402 e. The lowest BCUT2D eigenvalue weighted by Gasteiger charge is -2.51. The first kappa shape index (κ1) is 33.7. The molecule has 45 heavy (non-hydrogen) atoms. The average Bonchev–Trinajstić information content (AvgIpc) is 2.95. The number of aliphatic hydroxyl groups is 1. The second-order valence-electron chi connectivity index (χ2n) is 12.2. The van der Waals surface area contributed by atoms with Gasteiger partial charge in [0.1, 0.15) is 19.3 Å². The van der Waals surface area contributed by atoms with E-state index in [1.807, 2.05) is 0 Å². The van der Waals surface area contributed by atoms with Crippen LogP contribution in [-0.2, 0) is 0 Å². The minimum absolute atomic E-state index is 0.0500. The molecule has 2 unspecified atom stereocenters. The number of ketones is 1. The van der Waals surface area contributed by atoms with Crippen LogP contribution in [0.25, 0.3) is 11.0 Å². The van der Waals surface area contributed by atoms with Crippen LogP contribution in [0.15, 0.2) is 29.3 Å². The molecule has 1 saturated heterocycles. The van der Waals surface area contributed by atoms with E-state index >= 15 is 0 Å². The summed E-state index contributed by atoms with van der Waals surface area (Å²) in [5.41, 5.74) is -3.25. The molecule has 21 heteroatoms. The summed E-state index contributed by atoms with van der Waals surface area (Å²) >= 11 is 0. The fourth-order valence-electron chi connectivity index (χ4n) is 6.14. The van der Waals surface area contributed by atoms with Crippen LogP contribution in [0.1, 0.15) is 28.9 Å². The van der Waals surface area contributed by atoms with Crippen LogP contribution in [0.2, 0.25) is 15.6 Å². The van der Waals surface area contributed by atoms with E-state index in [0.717, 1.165) is 4.57 Å². The number of piperazine rings is 1. The highest BCUT2D eigenvalue weighted by Crippen LogP contribution is 2.73. The van der Waals surface area contributed by atoms with Crippen molar-refractivity contribution in [3.63, 3.8) is 0 Å². The van der Waals surface area contributed by atoms with E-state index in [2.05, 4.69) is 25.6 Å². The molecule has 200 valence electrons. The molecule has 0 aromatic carbocycles. The normalized spacial score (nSPS) is 25.9. The third-order valence-electron chi connectivity index (χ3n) is 8.45. The largest absolute Gasteiger partial charge is 0.402 e. The molecule has 10 nitrogen and oxygen atoms in total. The van der Waals surface area contributed by atoms with E-state index in [1.54, 1.807) is 17.0 Å². The van der Waals surface area contributed by atoms with Gasteiger partial charge in [-0.25, -0.2) is 9.97 Å². The molecule has 3 N–H and O–H groups in total. The second kappa shape index (κ2) is 10.4. The number of Topliss-reactive ketones (excluding diaryl/α,β-unsaturated/α-hetero) is 1. The fourth-order valence-corrected chi connectivity index (χ4v) is 6.14. The smallest absolute Gasteiger partial charge is 0.263 e. The summed E-state index contributed by atoms with van der Waals surface area (Å²) in [7, 11) is 67.7. The van der Waals surface area contributed by atoms with Crippen LogP contribution in [0, 0.1) is 6.92 Å². The number of aromatic nitrogens is 4. The van der Waals surface area contributed by atoms with E-state index < -0.39 is 49.2 Å².